The van der Waals surface area contributed by atoms with Crippen LogP contribution in [0.25, 0.3) is 0 Å². The predicted octanol–water partition coefficient (Wildman–Crippen LogP) is -0.0566. The van der Waals surface area contributed by atoms with E-state index in [1.807, 2.05) is 0 Å². The molecule has 0 N–H and O–H groups in total. The first-order valence-electron chi connectivity index (χ1n) is 2.93. The van der Waals surface area contributed by atoms with Crippen LogP contribution < -0.4 is 0 Å². The molecule has 0 aromatic carbocycles. The maximum atomic E-state index is 2.28. The molecule has 0 unspecified atom stereocenters. The van der Waals surface area contributed by atoms with Gasteiger partial charge in [-0.2, -0.15) is 0 Å². The molecule has 0 atom stereocenters. The van der Waals surface area contributed by atoms with Gasteiger partial charge >= 0.3 is 0 Å². The summed E-state index contributed by atoms with van der Waals surface area (Å²) in [6.45, 7) is 0. The lowest BCUT2D eigenvalue weighted by atomic mass is 9.42. The summed E-state index contributed by atoms with van der Waals surface area (Å²) >= 11 is 0. The van der Waals surface area contributed by atoms with Crippen molar-refractivity contribution in [3.8, 4) is 0 Å². The van der Waals surface area contributed by atoms with Crippen molar-refractivity contribution in [3.63, 3.8) is 0 Å². The van der Waals surface area contributed by atoms with Gasteiger partial charge in [-0.25, -0.2) is 0 Å². The van der Waals surface area contributed by atoms with Gasteiger partial charge in [0.25, 0.3) is 0 Å². The van der Waals surface area contributed by atoms with Crippen LogP contribution in [0.2, 0.25) is 5.82 Å². The second-order valence-electron chi connectivity index (χ2n) is 2.21. The van der Waals surface area contributed by atoms with Crippen LogP contribution in [-0.4, -0.2) is 14.9 Å². The highest BCUT2D eigenvalue weighted by molar-refractivity contribution is 6.90. The largest absolute Gasteiger partial charge is 0.0860 e. The third kappa shape index (κ3) is 0.612. The Labute approximate surface area is 41.0 Å². The van der Waals surface area contributed by atoms with E-state index in [2.05, 4.69) is 7.74 Å². The molecular weight excluding hydrogens is 69.7 g/mol. The van der Waals surface area contributed by atoms with Crippen LogP contribution in [0.3, 0.4) is 0 Å². The number of hydrogen-bond donors (Lipinski definition) is 0. The molecule has 0 spiro atoms. The maximum absolute atomic E-state index is 2.28. The highest BCUT2D eigenvalue weighted by Crippen LogP contribution is 2.29. The smallest absolute Gasteiger partial charge is 0.0737 e. The average Bonchev–Trinajstić information content (AvgIpc) is 1.31. The van der Waals surface area contributed by atoms with Crippen LogP contribution in [0.15, 0.2) is 0 Å². The summed E-state index contributed by atoms with van der Waals surface area (Å²) in [6.07, 6.45) is 4.52. The lowest BCUT2D eigenvalue weighted by Gasteiger charge is -2.22. The van der Waals surface area contributed by atoms with Gasteiger partial charge in [0, 0.05) is 0 Å². The summed E-state index contributed by atoms with van der Waals surface area (Å²) < 4.78 is 0. The SMILES string of the molecule is BBC1CCC1. The van der Waals surface area contributed by atoms with Gasteiger partial charge in [-0.05, 0) is 0 Å². The molecular formula is C4H10B2. The third-order valence-electron chi connectivity index (χ3n) is 1.80. The van der Waals surface area contributed by atoms with E-state index in [1.54, 1.807) is 0 Å². The van der Waals surface area contributed by atoms with Crippen LogP contribution in [0.4, 0.5) is 0 Å². The van der Waals surface area contributed by atoms with Crippen LogP contribution >= 0.6 is 0 Å². The molecule has 0 aromatic heterocycles. The van der Waals surface area contributed by atoms with Crippen molar-refractivity contribution in [2.24, 2.45) is 0 Å². The molecule has 1 saturated carbocycles. The molecule has 0 saturated heterocycles. The van der Waals surface area contributed by atoms with E-state index in [4.69, 9.17) is 0 Å². The van der Waals surface area contributed by atoms with E-state index >= 15 is 0 Å². The van der Waals surface area contributed by atoms with Crippen molar-refractivity contribution in [2.75, 3.05) is 0 Å². The second-order valence-corrected chi connectivity index (χ2v) is 2.21. The maximum Gasteiger partial charge on any atom is 0.0860 e. The molecule has 1 fully saturated rings. The first-order chi connectivity index (χ1) is 2.93. The Balaban J connectivity index is 2.01. The molecule has 1 aliphatic carbocycles. The summed E-state index contributed by atoms with van der Waals surface area (Å²) in [6, 6.07) is 0. The normalized spacial score (nSPS) is 22.7. The number of hydrogen-bond acceptors (Lipinski definition) is 0. The minimum atomic E-state index is 1.12. The van der Waals surface area contributed by atoms with E-state index < -0.39 is 0 Å². The van der Waals surface area contributed by atoms with Crippen LogP contribution in [0.5, 0.6) is 0 Å². The molecule has 0 bridgehead atoms. The lowest BCUT2D eigenvalue weighted by Crippen LogP contribution is -2.11. The molecule has 32 valence electrons. The Bertz CT molecular complexity index is 38.1. The molecule has 1 rings (SSSR count). The number of rotatable bonds is 1. The Morgan fingerprint density at radius 3 is 2.17 bits per heavy atom. The van der Waals surface area contributed by atoms with Gasteiger partial charge in [-0.1, -0.05) is 25.1 Å². The fraction of sp³-hybridized carbons (Fsp3) is 1.00. The predicted molar refractivity (Wildman–Crippen MR) is 33.3 cm³/mol. The standard InChI is InChI=1S/C4H10B2/c5-6-4-2-1-3-4/h4,6H,1-3,5H2. The van der Waals surface area contributed by atoms with Crippen molar-refractivity contribution < 1.29 is 0 Å². The van der Waals surface area contributed by atoms with Crippen molar-refractivity contribution in [1.29, 1.82) is 0 Å². The molecule has 0 aliphatic heterocycles. The van der Waals surface area contributed by atoms with E-state index in [9.17, 15) is 0 Å². The van der Waals surface area contributed by atoms with Gasteiger partial charge in [0.1, 0.15) is 0 Å². The Morgan fingerprint density at radius 2 is 2.17 bits per heavy atom. The molecule has 1 aliphatic rings. The van der Waals surface area contributed by atoms with Crippen molar-refractivity contribution >= 4 is 14.9 Å². The summed E-state index contributed by atoms with van der Waals surface area (Å²) in [5.74, 6) is 1.12. The first-order valence-corrected chi connectivity index (χ1v) is 2.93. The summed E-state index contributed by atoms with van der Waals surface area (Å²) in [5.41, 5.74) is 0. The molecule has 0 aromatic rings. The first kappa shape index (κ1) is 4.29. The van der Waals surface area contributed by atoms with E-state index in [1.165, 1.54) is 26.4 Å². The monoisotopic (exact) mass is 80.1 g/mol. The molecule has 0 radical (unpaired) electrons. The Kier molecular flexibility index (Phi) is 1.23. The fourth-order valence-electron chi connectivity index (χ4n) is 0.901. The fourth-order valence-corrected chi connectivity index (χ4v) is 0.901. The molecule has 2 heteroatoms. The van der Waals surface area contributed by atoms with E-state index in [0.717, 1.165) is 5.82 Å². The van der Waals surface area contributed by atoms with Crippen LogP contribution in [0, 0.1) is 0 Å². The third-order valence-corrected chi connectivity index (χ3v) is 1.80. The zero-order chi connectivity index (χ0) is 4.41. The van der Waals surface area contributed by atoms with Crippen molar-refractivity contribution in [1.82, 2.24) is 0 Å². The van der Waals surface area contributed by atoms with Gasteiger partial charge in [0.15, 0.2) is 0 Å². The zero-order valence-electron chi connectivity index (χ0n) is 4.41. The van der Waals surface area contributed by atoms with Gasteiger partial charge in [-0.3, -0.25) is 0 Å². The molecule has 6 heavy (non-hydrogen) atoms. The molecule has 0 amide bonds. The van der Waals surface area contributed by atoms with Gasteiger partial charge in [-0.15, -0.1) is 0 Å². The van der Waals surface area contributed by atoms with Crippen molar-refractivity contribution in [3.05, 3.63) is 0 Å². The van der Waals surface area contributed by atoms with Gasteiger partial charge in [0.2, 0.25) is 0 Å². The highest BCUT2D eigenvalue weighted by atomic mass is 14.1. The van der Waals surface area contributed by atoms with Crippen molar-refractivity contribution in [2.45, 2.75) is 25.1 Å². The topological polar surface area (TPSA) is 0 Å². The van der Waals surface area contributed by atoms with Crippen LogP contribution in [-0.2, 0) is 0 Å². The Morgan fingerprint density at radius 1 is 1.50 bits per heavy atom. The molecule has 0 nitrogen and oxygen atoms in total. The zero-order valence-corrected chi connectivity index (χ0v) is 4.41. The highest BCUT2D eigenvalue weighted by Gasteiger charge is 2.14. The quantitative estimate of drug-likeness (QED) is 0.387. The lowest BCUT2D eigenvalue weighted by molar-refractivity contribution is 0.502. The van der Waals surface area contributed by atoms with Gasteiger partial charge in [0.05, 0.1) is 14.9 Å². The summed E-state index contributed by atoms with van der Waals surface area (Å²) in [5, 5.41) is 0. The minimum absolute atomic E-state index is 1.12. The van der Waals surface area contributed by atoms with E-state index in [-0.39, 0.29) is 0 Å². The summed E-state index contributed by atoms with van der Waals surface area (Å²) in [7, 11) is 3.70. The second kappa shape index (κ2) is 1.72. The average molecular weight is 79.7 g/mol. The minimum Gasteiger partial charge on any atom is -0.0737 e. The molecule has 0 heterocycles. The van der Waals surface area contributed by atoms with E-state index in [0.29, 0.717) is 0 Å². The Hall–Kier alpha value is 0.130. The van der Waals surface area contributed by atoms with Gasteiger partial charge < -0.3 is 0 Å². The summed E-state index contributed by atoms with van der Waals surface area (Å²) in [4.78, 5) is 0. The van der Waals surface area contributed by atoms with Crippen LogP contribution in [0.1, 0.15) is 19.3 Å².